The summed E-state index contributed by atoms with van der Waals surface area (Å²) >= 11 is 0. The predicted molar refractivity (Wildman–Crippen MR) is 113 cm³/mol. The SMILES string of the molecule is O=C(CCC1NC(=O)N(c2cccc3ccccc23)C1=O)NCCCn1ccnc1. The molecule has 1 fully saturated rings. The molecule has 2 heterocycles. The van der Waals surface area contributed by atoms with E-state index >= 15 is 0 Å². The summed E-state index contributed by atoms with van der Waals surface area (Å²) in [5, 5.41) is 7.34. The largest absolute Gasteiger partial charge is 0.356 e. The summed E-state index contributed by atoms with van der Waals surface area (Å²) in [6.07, 6.45) is 6.54. The van der Waals surface area contributed by atoms with Gasteiger partial charge in [-0.05, 0) is 24.3 Å². The Hall–Kier alpha value is -3.68. The molecule has 0 radical (unpaired) electrons. The summed E-state index contributed by atoms with van der Waals surface area (Å²) in [4.78, 5) is 42.6. The zero-order chi connectivity index (χ0) is 20.9. The smallest absolute Gasteiger partial charge is 0.329 e. The first-order valence-corrected chi connectivity index (χ1v) is 9.98. The average Bonchev–Trinajstić information content (AvgIpc) is 3.37. The zero-order valence-electron chi connectivity index (χ0n) is 16.5. The van der Waals surface area contributed by atoms with Crippen LogP contribution in [-0.4, -0.2) is 40.0 Å². The molecule has 1 aromatic heterocycles. The molecule has 2 aromatic carbocycles. The van der Waals surface area contributed by atoms with E-state index in [9.17, 15) is 14.4 Å². The van der Waals surface area contributed by atoms with Crippen molar-refractivity contribution in [3.63, 3.8) is 0 Å². The first-order valence-electron chi connectivity index (χ1n) is 9.98. The summed E-state index contributed by atoms with van der Waals surface area (Å²) < 4.78 is 1.95. The van der Waals surface area contributed by atoms with Crippen molar-refractivity contribution in [2.24, 2.45) is 0 Å². The molecule has 2 N–H and O–H groups in total. The molecule has 30 heavy (non-hydrogen) atoms. The summed E-state index contributed by atoms with van der Waals surface area (Å²) in [5.41, 5.74) is 0.557. The number of hydrogen-bond donors (Lipinski definition) is 2. The van der Waals surface area contributed by atoms with Crippen molar-refractivity contribution < 1.29 is 14.4 Å². The number of imide groups is 1. The highest BCUT2D eigenvalue weighted by Crippen LogP contribution is 2.29. The Morgan fingerprint density at radius 2 is 1.97 bits per heavy atom. The summed E-state index contributed by atoms with van der Waals surface area (Å²) in [7, 11) is 0. The molecule has 1 aliphatic rings. The lowest BCUT2D eigenvalue weighted by Crippen LogP contribution is -2.33. The van der Waals surface area contributed by atoms with Crippen LogP contribution in [0, 0.1) is 0 Å². The highest BCUT2D eigenvalue weighted by Gasteiger charge is 2.39. The highest BCUT2D eigenvalue weighted by molar-refractivity contribution is 6.24. The molecule has 0 saturated carbocycles. The maximum absolute atomic E-state index is 12.9. The molecule has 1 unspecified atom stereocenters. The number of nitrogens with zero attached hydrogens (tertiary/aromatic N) is 3. The number of aromatic nitrogens is 2. The van der Waals surface area contributed by atoms with Crippen LogP contribution in [0.5, 0.6) is 0 Å². The zero-order valence-corrected chi connectivity index (χ0v) is 16.5. The minimum atomic E-state index is -0.701. The molecule has 154 valence electrons. The second-order valence-electron chi connectivity index (χ2n) is 7.22. The molecule has 4 rings (SSSR count). The number of carbonyl (C=O) groups excluding carboxylic acids is 3. The highest BCUT2D eigenvalue weighted by atomic mass is 16.2. The van der Waals surface area contributed by atoms with Gasteiger partial charge in [0.2, 0.25) is 5.91 Å². The maximum atomic E-state index is 12.9. The number of anilines is 1. The fraction of sp³-hybridized carbons (Fsp3) is 0.273. The number of benzene rings is 2. The normalized spacial score (nSPS) is 16.1. The Balaban J connectivity index is 1.31. The Bertz CT molecular complexity index is 1060. The number of rotatable bonds is 8. The maximum Gasteiger partial charge on any atom is 0.329 e. The van der Waals surface area contributed by atoms with E-state index in [-0.39, 0.29) is 24.7 Å². The Morgan fingerprint density at radius 1 is 1.13 bits per heavy atom. The van der Waals surface area contributed by atoms with Crippen molar-refractivity contribution in [3.8, 4) is 0 Å². The Morgan fingerprint density at radius 3 is 2.80 bits per heavy atom. The molecule has 3 aromatic rings. The monoisotopic (exact) mass is 405 g/mol. The number of urea groups is 1. The van der Waals surface area contributed by atoms with E-state index in [0.717, 1.165) is 23.7 Å². The molecule has 4 amide bonds. The lowest BCUT2D eigenvalue weighted by atomic mass is 10.1. The van der Waals surface area contributed by atoms with Crippen molar-refractivity contribution in [2.45, 2.75) is 31.8 Å². The molecular formula is C22H23N5O3. The molecule has 1 aliphatic heterocycles. The Kier molecular flexibility index (Phi) is 5.74. The second-order valence-corrected chi connectivity index (χ2v) is 7.22. The van der Waals surface area contributed by atoms with Crippen LogP contribution in [0.2, 0.25) is 0 Å². The van der Waals surface area contributed by atoms with Crippen molar-refractivity contribution in [3.05, 3.63) is 61.2 Å². The summed E-state index contributed by atoms with van der Waals surface area (Å²) in [6, 6.07) is 12.0. The number of fused-ring (bicyclic) bond motifs is 1. The number of carbonyl (C=O) groups is 3. The minimum absolute atomic E-state index is 0.133. The van der Waals surface area contributed by atoms with E-state index in [2.05, 4.69) is 15.6 Å². The topological polar surface area (TPSA) is 96.3 Å². The van der Waals surface area contributed by atoms with Gasteiger partial charge in [-0.2, -0.15) is 0 Å². The Labute approximate surface area is 173 Å². The van der Waals surface area contributed by atoms with Gasteiger partial charge in [0.25, 0.3) is 5.91 Å². The van der Waals surface area contributed by atoms with E-state index < -0.39 is 12.1 Å². The average molecular weight is 405 g/mol. The molecule has 0 bridgehead atoms. The molecule has 0 aliphatic carbocycles. The molecule has 8 nitrogen and oxygen atoms in total. The van der Waals surface area contributed by atoms with Crippen LogP contribution in [0.25, 0.3) is 10.8 Å². The van der Waals surface area contributed by atoms with Crippen LogP contribution in [-0.2, 0) is 16.1 Å². The minimum Gasteiger partial charge on any atom is -0.356 e. The second kappa shape index (κ2) is 8.77. The van der Waals surface area contributed by atoms with Crippen LogP contribution in [0.3, 0.4) is 0 Å². The number of aryl methyl sites for hydroxylation is 1. The van der Waals surface area contributed by atoms with Crippen molar-refractivity contribution in [2.75, 3.05) is 11.4 Å². The third-order valence-corrected chi connectivity index (χ3v) is 5.16. The van der Waals surface area contributed by atoms with Crippen molar-refractivity contribution in [1.82, 2.24) is 20.2 Å². The predicted octanol–water partition coefficient (Wildman–Crippen LogP) is 2.45. The molecule has 1 saturated heterocycles. The third-order valence-electron chi connectivity index (χ3n) is 5.16. The van der Waals surface area contributed by atoms with Crippen LogP contribution in [0.1, 0.15) is 19.3 Å². The van der Waals surface area contributed by atoms with Crippen molar-refractivity contribution >= 4 is 34.3 Å². The van der Waals surface area contributed by atoms with E-state index in [4.69, 9.17) is 0 Å². The van der Waals surface area contributed by atoms with Gasteiger partial charge in [-0.15, -0.1) is 0 Å². The van der Waals surface area contributed by atoms with Crippen LogP contribution >= 0.6 is 0 Å². The van der Waals surface area contributed by atoms with Crippen LogP contribution < -0.4 is 15.5 Å². The standard InChI is InChI=1S/C22H23N5O3/c28-20(24-11-4-13-26-14-12-23-15-26)10-9-18-21(29)27(22(30)25-18)19-8-3-6-16-5-1-2-7-17(16)19/h1-3,5-8,12,14-15,18H,4,9-11,13H2,(H,24,28)(H,25,30). The number of amides is 4. The molecular weight excluding hydrogens is 382 g/mol. The number of hydrogen-bond acceptors (Lipinski definition) is 4. The van der Waals surface area contributed by atoms with Gasteiger partial charge in [-0.25, -0.2) is 14.7 Å². The van der Waals surface area contributed by atoms with E-state index in [1.54, 1.807) is 18.6 Å². The summed E-state index contributed by atoms with van der Waals surface area (Å²) in [6.45, 7) is 1.32. The van der Waals surface area contributed by atoms with E-state index in [0.29, 0.717) is 12.2 Å². The fourth-order valence-electron chi connectivity index (χ4n) is 3.63. The quantitative estimate of drug-likeness (QED) is 0.444. The van der Waals surface area contributed by atoms with Gasteiger partial charge in [0.05, 0.1) is 12.0 Å². The first-order chi connectivity index (χ1) is 14.6. The van der Waals surface area contributed by atoms with Gasteiger partial charge in [0.1, 0.15) is 6.04 Å². The van der Waals surface area contributed by atoms with Gasteiger partial charge in [-0.3, -0.25) is 9.59 Å². The number of nitrogens with one attached hydrogen (secondary N) is 2. The van der Waals surface area contributed by atoms with Gasteiger partial charge in [0, 0.05) is 37.3 Å². The summed E-state index contributed by atoms with van der Waals surface area (Å²) in [5.74, 6) is -0.462. The van der Waals surface area contributed by atoms with Gasteiger partial charge < -0.3 is 15.2 Å². The first kappa shape index (κ1) is 19.6. The van der Waals surface area contributed by atoms with Gasteiger partial charge in [0.15, 0.2) is 0 Å². The van der Waals surface area contributed by atoms with Crippen molar-refractivity contribution in [1.29, 1.82) is 0 Å². The van der Waals surface area contributed by atoms with Gasteiger partial charge in [-0.1, -0.05) is 36.4 Å². The van der Waals surface area contributed by atoms with E-state index in [1.165, 1.54) is 4.90 Å². The van der Waals surface area contributed by atoms with Crippen LogP contribution in [0.4, 0.5) is 10.5 Å². The van der Waals surface area contributed by atoms with Crippen LogP contribution in [0.15, 0.2) is 61.2 Å². The van der Waals surface area contributed by atoms with Gasteiger partial charge >= 0.3 is 6.03 Å². The fourth-order valence-corrected chi connectivity index (χ4v) is 3.63. The molecule has 0 spiro atoms. The molecule has 1 atom stereocenters. The molecule has 8 heteroatoms. The third kappa shape index (κ3) is 4.17. The lowest BCUT2D eigenvalue weighted by Gasteiger charge is -2.15. The van der Waals surface area contributed by atoms with E-state index in [1.807, 2.05) is 47.2 Å². The number of imidazole rings is 1. The lowest BCUT2D eigenvalue weighted by molar-refractivity contribution is -0.121.